The highest BCUT2D eigenvalue weighted by molar-refractivity contribution is 14.1. The molecule has 84 valence electrons. The summed E-state index contributed by atoms with van der Waals surface area (Å²) in [6, 6.07) is 11.7. The van der Waals surface area contributed by atoms with E-state index in [1.54, 1.807) is 12.1 Å². The van der Waals surface area contributed by atoms with Crippen LogP contribution in [0.25, 0.3) is 0 Å². The summed E-state index contributed by atoms with van der Waals surface area (Å²) in [7, 11) is 0. The molecule has 0 aliphatic heterocycles. The molecule has 1 unspecified atom stereocenters. The summed E-state index contributed by atoms with van der Waals surface area (Å²) in [5.74, 6) is 0.588. The Morgan fingerprint density at radius 1 is 1.19 bits per heavy atom. The summed E-state index contributed by atoms with van der Waals surface area (Å²) < 4.78 is 7.14. The Morgan fingerprint density at radius 3 is 2.44 bits per heavy atom. The Hall–Kier alpha value is -0.330. The Labute approximate surface area is 116 Å². The molecule has 0 bridgehead atoms. The van der Waals surface area contributed by atoms with Crippen LogP contribution in [0.15, 0.2) is 45.5 Å². The van der Waals surface area contributed by atoms with Gasteiger partial charge in [-0.1, -0.05) is 12.1 Å². The topological polar surface area (TPSA) is 33.4 Å². The van der Waals surface area contributed by atoms with Gasteiger partial charge in [0.05, 0.1) is 0 Å². The zero-order chi connectivity index (χ0) is 11.5. The molecule has 1 aromatic heterocycles. The molecular weight excluding hydrogens is 383 g/mol. The van der Waals surface area contributed by atoms with E-state index in [9.17, 15) is 5.11 Å². The van der Waals surface area contributed by atoms with Crippen molar-refractivity contribution < 1.29 is 9.52 Å². The zero-order valence-corrected chi connectivity index (χ0v) is 12.1. The van der Waals surface area contributed by atoms with E-state index in [4.69, 9.17) is 4.42 Å². The van der Waals surface area contributed by atoms with Gasteiger partial charge in [-0.25, -0.2) is 0 Å². The molecule has 0 aliphatic carbocycles. The number of benzene rings is 1. The van der Waals surface area contributed by atoms with Gasteiger partial charge in [-0.2, -0.15) is 0 Å². The second-order valence-electron chi connectivity index (χ2n) is 3.49. The van der Waals surface area contributed by atoms with Gasteiger partial charge >= 0.3 is 0 Å². The molecule has 2 nitrogen and oxygen atoms in total. The second-order valence-corrected chi connectivity index (χ2v) is 5.52. The van der Waals surface area contributed by atoms with Crippen LogP contribution in [0, 0.1) is 3.57 Å². The third-order valence-electron chi connectivity index (χ3n) is 2.26. The fourth-order valence-corrected chi connectivity index (χ4v) is 2.13. The van der Waals surface area contributed by atoms with Crippen LogP contribution in [0.4, 0.5) is 0 Å². The number of rotatable bonds is 3. The lowest BCUT2D eigenvalue weighted by Crippen LogP contribution is -2.00. The van der Waals surface area contributed by atoms with E-state index in [2.05, 4.69) is 38.5 Å². The van der Waals surface area contributed by atoms with Gasteiger partial charge in [-0.05, 0) is 68.3 Å². The summed E-state index contributed by atoms with van der Waals surface area (Å²) in [5, 5.41) is 9.94. The van der Waals surface area contributed by atoms with Crippen molar-refractivity contribution in [1.82, 2.24) is 0 Å². The van der Waals surface area contributed by atoms with Crippen molar-refractivity contribution in [1.29, 1.82) is 0 Å². The smallest absolute Gasteiger partial charge is 0.169 e. The van der Waals surface area contributed by atoms with Gasteiger partial charge in [-0.15, -0.1) is 0 Å². The Bertz CT molecular complexity index is 464. The maximum absolute atomic E-state index is 9.94. The molecular formula is C12H10BrIO2. The van der Waals surface area contributed by atoms with Gasteiger partial charge in [0, 0.05) is 9.99 Å². The van der Waals surface area contributed by atoms with Crippen LogP contribution in [0.2, 0.25) is 0 Å². The first-order valence-corrected chi connectivity index (χ1v) is 6.70. The van der Waals surface area contributed by atoms with Crippen LogP contribution < -0.4 is 0 Å². The van der Waals surface area contributed by atoms with Crippen molar-refractivity contribution in [3.8, 4) is 0 Å². The fraction of sp³-hybridized carbons (Fsp3) is 0.167. The van der Waals surface area contributed by atoms with Crippen molar-refractivity contribution in [3.05, 3.63) is 56.0 Å². The monoisotopic (exact) mass is 392 g/mol. The van der Waals surface area contributed by atoms with Gasteiger partial charge in [0.15, 0.2) is 4.67 Å². The van der Waals surface area contributed by atoms with Crippen molar-refractivity contribution in [2.24, 2.45) is 0 Å². The molecule has 0 amide bonds. The normalized spacial score (nSPS) is 12.7. The van der Waals surface area contributed by atoms with Crippen LogP contribution in [-0.2, 0) is 6.42 Å². The van der Waals surface area contributed by atoms with E-state index in [0.717, 1.165) is 5.56 Å². The Morgan fingerprint density at radius 2 is 1.88 bits per heavy atom. The quantitative estimate of drug-likeness (QED) is 0.803. The minimum Gasteiger partial charge on any atom is -0.452 e. The van der Waals surface area contributed by atoms with Gasteiger partial charge < -0.3 is 9.52 Å². The summed E-state index contributed by atoms with van der Waals surface area (Å²) in [6.45, 7) is 0. The van der Waals surface area contributed by atoms with Crippen molar-refractivity contribution >= 4 is 38.5 Å². The minimum atomic E-state index is -0.591. The summed E-state index contributed by atoms with van der Waals surface area (Å²) >= 11 is 5.47. The summed E-state index contributed by atoms with van der Waals surface area (Å²) in [6.07, 6.45) is -0.0250. The predicted octanol–water partition coefficient (Wildman–Crippen LogP) is 3.92. The average molecular weight is 393 g/mol. The van der Waals surface area contributed by atoms with Crippen LogP contribution in [0.1, 0.15) is 17.4 Å². The largest absolute Gasteiger partial charge is 0.452 e. The highest BCUT2D eigenvalue weighted by Gasteiger charge is 2.12. The molecule has 4 heteroatoms. The molecule has 0 saturated heterocycles. The number of aliphatic hydroxyl groups excluding tert-OH is 1. The molecule has 2 rings (SSSR count). The van der Waals surface area contributed by atoms with E-state index >= 15 is 0 Å². The van der Waals surface area contributed by atoms with E-state index in [0.29, 0.717) is 16.9 Å². The third kappa shape index (κ3) is 3.09. The number of hydrogen-bond acceptors (Lipinski definition) is 2. The van der Waals surface area contributed by atoms with Gasteiger partial charge in [0.2, 0.25) is 0 Å². The van der Waals surface area contributed by atoms with Crippen LogP contribution >= 0.6 is 38.5 Å². The fourth-order valence-electron chi connectivity index (χ4n) is 1.45. The second kappa shape index (κ2) is 5.33. The molecule has 0 radical (unpaired) electrons. The summed E-state index contributed by atoms with van der Waals surface area (Å²) in [5.41, 5.74) is 1.10. The first kappa shape index (κ1) is 12.1. The average Bonchev–Trinajstić information content (AvgIpc) is 2.68. The maximum Gasteiger partial charge on any atom is 0.169 e. The first-order chi connectivity index (χ1) is 7.65. The van der Waals surface area contributed by atoms with E-state index in [1.165, 1.54) is 3.57 Å². The van der Waals surface area contributed by atoms with Crippen molar-refractivity contribution in [2.45, 2.75) is 12.5 Å². The lowest BCUT2D eigenvalue weighted by atomic mass is 10.1. The number of aliphatic hydroxyl groups is 1. The SMILES string of the molecule is OC(Cc1ccc(I)cc1)c1ccc(Br)o1. The molecule has 0 aliphatic rings. The molecule has 1 atom stereocenters. The lowest BCUT2D eigenvalue weighted by molar-refractivity contribution is 0.149. The number of furan rings is 1. The first-order valence-electron chi connectivity index (χ1n) is 4.83. The van der Waals surface area contributed by atoms with E-state index < -0.39 is 6.10 Å². The highest BCUT2D eigenvalue weighted by Crippen LogP contribution is 2.23. The van der Waals surface area contributed by atoms with Crippen LogP contribution in [0.3, 0.4) is 0 Å². The molecule has 0 fully saturated rings. The maximum atomic E-state index is 9.94. The van der Waals surface area contributed by atoms with Crippen LogP contribution in [-0.4, -0.2) is 5.11 Å². The number of hydrogen-bond donors (Lipinski definition) is 1. The standard InChI is InChI=1S/C12H10BrIO2/c13-12-6-5-11(16-12)10(15)7-8-1-3-9(14)4-2-8/h1-6,10,15H,7H2. The summed E-state index contributed by atoms with van der Waals surface area (Å²) in [4.78, 5) is 0. The molecule has 1 N–H and O–H groups in total. The lowest BCUT2D eigenvalue weighted by Gasteiger charge is -2.07. The van der Waals surface area contributed by atoms with Crippen LogP contribution in [0.5, 0.6) is 0 Å². The van der Waals surface area contributed by atoms with E-state index in [-0.39, 0.29) is 0 Å². The molecule has 2 aromatic rings. The van der Waals surface area contributed by atoms with Gasteiger partial charge in [-0.3, -0.25) is 0 Å². The third-order valence-corrected chi connectivity index (χ3v) is 3.41. The van der Waals surface area contributed by atoms with Gasteiger partial charge in [0.25, 0.3) is 0 Å². The van der Waals surface area contributed by atoms with E-state index in [1.807, 2.05) is 24.3 Å². The highest BCUT2D eigenvalue weighted by atomic mass is 127. The predicted molar refractivity (Wildman–Crippen MR) is 74.2 cm³/mol. The number of halogens is 2. The zero-order valence-electron chi connectivity index (χ0n) is 8.36. The van der Waals surface area contributed by atoms with Gasteiger partial charge in [0.1, 0.15) is 11.9 Å². The molecule has 0 saturated carbocycles. The molecule has 16 heavy (non-hydrogen) atoms. The molecule has 0 spiro atoms. The van der Waals surface area contributed by atoms with Crippen molar-refractivity contribution in [3.63, 3.8) is 0 Å². The van der Waals surface area contributed by atoms with Crippen molar-refractivity contribution in [2.75, 3.05) is 0 Å². The molecule has 1 heterocycles. The Kier molecular flexibility index (Phi) is 4.05. The Balaban J connectivity index is 2.07. The molecule has 1 aromatic carbocycles. The minimum absolute atomic E-state index is 0.566.